The van der Waals surface area contributed by atoms with Crippen molar-refractivity contribution in [1.82, 2.24) is 20.2 Å². The van der Waals surface area contributed by atoms with Crippen molar-refractivity contribution in [2.45, 2.75) is 26.2 Å². The van der Waals surface area contributed by atoms with Crippen molar-refractivity contribution in [3.05, 3.63) is 23.8 Å². The Hall–Kier alpha value is -1.98. The average molecular weight is 276 g/mol. The van der Waals surface area contributed by atoms with Gasteiger partial charge in [-0.3, -0.25) is 14.6 Å². The molecular formula is C14H20N4O2. The molecule has 2 heterocycles. The van der Waals surface area contributed by atoms with Crippen molar-refractivity contribution in [3.63, 3.8) is 0 Å². The highest BCUT2D eigenvalue weighted by molar-refractivity contribution is 5.93. The molecule has 20 heavy (non-hydrogen) atoms. The fraction of sp³-hybridized carbons (Fsp3) is 0.571. The molecule has 108 valence electrons. The third kappa shape index (κ3) is 3.31. The van der Waals surface area contributed by atoms with Crippen LogP contribution in [0.2, 0.25) is 0 Å². The monoisotopic (exact) mass is 276 g/mol. The first-order valence-electron chi connectivity index (χ1n) is 6.89. The quantitative estimate of drug-likeness (QED) is 0.879. The molecule has 1 atom stereocenters. The molecule has 1 aliphatic rings. The molecule has 0 aliphatic carbocycles. The Labute approximate surface area is 118 Å². The molecule has 0 radical (unpaired) electrons. The topological polar surface area (TPSA) is 75.2 Å². The van der Waals surface area contributed by atoms with E-state index in [9.17, 15) is 9.59 Å². The van der Waals surface area contributed by atoms with Gasteiger partial charge in [0, 0.05) is 39.5 Å². The molecule has 1 aliphatic heterocycles. The van der Waals surface area contributed by atoms with Crippen molar-refractivity contribution in [2.24, 2.45) is 5.92 Å². The minimum absolute atomic E-state index is 0.111. The predicted octanol–water partition coefficient (Wildman–Crippen LogP) is 0.637. The first kappa shape index (κ1) is 14.4. The van der Waals surface area contributed by atoms with Crippen LogP contribution in [0.3, 0.4) is 0 Å². The van der Waals surface area contributed by atoms with Crippen molar-refractivity contribution in [3.8, 4) is 0 Å². The summed E-state index contributed by atoms with van der Waals surface area (Å²) in [7, 11) is 1.58. The lowest BCUT2D eigenvalue weighted by Gasteiger charge is -2.32. The molecule has 2 amide bonds. The van der Waals surface area contributed by atoms with Crippen LogP contribution in [-0.2, 0) is 11.2 Å². The van der Waals surface area contributed by atoms with Gasteiger partial charge in [0.2, 0.25) is 5.91 Å². The summed E-state index contributed by atoms with van der Waals surface area (Å²) in [5.41, 5.74) is 1.09. The van der Waals surface area contributed by atoms with Crippen molar-refractivity contribution >= 4 is 11.8 Å². The van der Waals surface area contributed by atoms with Gasteiger partial charge >= 0.3 is 0 Å². The lowest BCUT2D eigenvalue weighted by molar-refractivity contribution is -0.130. The van der Waals surface area contributed by atoms with Crippen LogP contribution in [0.15, 0.2) is 12.4 Å². The van der Waals surface area contributed by atoms with Crippen molar-refractivity contribution in [2.75, 3.05) is 20.1 Å². The molecule has 0 bridgehead atoms. The maximum absolute atomic E-state index is 11.8. The molecule has 0 aromatic carbocycles. The summed E-state index contributed by atoms with van der Waals surface area (Å²) in [6.45, 7) is 3.16. The second kappa shape index (κ2) is 6.45. The van der Waals surface area contributed by atoms with E-state index >= 15 is 0 Å². The van der Waals surface area contributed by atoms with Crippen LogP contribution >= 0.6 is 0 Å². The maximum atomic E-state index is 11.8. The minimum Gasteiger partial charge on any atom is -0.354 e. The molecule has 1 aromatic rings. The largest absolute Gasteiger partial charge is 0.354 e. The minimum atomic E-state index is -0.215. The van der Waals surface area contributed by atoms with Crippen LogP contribution in [0.4, 0.5) is 0 Å². The molecule has 1 aromatic heterocycles. The van der Waals surface area contributed by atoms with Gasteiger partial charge in [0.05, 0.1) is 5.69 Å². The van der Waals surface area contributed by atoms with Crippen LogP contribution in [0.1, 0.15) is 35.9 Å². The van der Waals surface area contributed by atoms with E-state index < -0.39 is 0 Å². The number of nitrogens with zero attached hydrogens (tertiary/aromatic N) is 3. The number of piperidine rings is 1. The van der Waals surface area contributed by atoms with E-state index in [0.717, 1.165) is 25.9 Å². The number of hydrogen-bond acceptors (Lipinski definition) is 4. The summed E-state index contributed by atoms with van der Waals surface area (Å²) < 4.78 is 0. The van der Waals surface area contributed by atoms with E-state index in [1.807, 2.05) is 4.90 Å². The fourth-order valence-corrected chi connectivity index (χ4v) is 2.62. The summed E-state index contributed by atoms with van der Waals surface area (Å²) in [6.07, 6.45) is 5.86. The smallest absolute Gasteiger partial charge is 0.271 e. The van der Waals surface area contributed by atoms with E-state index in [1.54, 1.807) is 20.2 Å². The Balaban J connectivity index is 2.10. The highest BCUT2D eigenvalue weighted by Gasteiger charge is 2.24. The lowest BCUT2D eigenvalue weighted by atomic mass is 9.92. The van der Waals surface area contributed by atoms with Gasteiger partial charge in [-0.2, -0.15) is 0 Å². The summed E-state index contributed by atoms with van der Waals surface area (Å²) >= 11 is 0. The van der Waals surface area contributed by atoms with Gasteiger partial charge in [0.25, 0.3) is 5.91 Å². The van der Waals surface area contributed by atoms with Crippen LogP contribution in [0.25, 0.3) is 0 Å². The molecular weight excluding hydrogens is 256 g/mol. The van der Waals surface area contributed by atoms with Gasteiger partial charge in [-0.1, -0.05) is 0 Å². The van der Waals surface area contributed by atoms with Gasteiger partial charge in [0.15, 0.2) is 0 Å². The molecule has 6 nitrogen and oxygen atoms in total. The van der Waals surface area contributed by atoms with E-state index in [2.05, 4.69) is 15.3 Å². The summed E-state index contributed by atoms with van der Waals surface area (Å²) in [5, 5.41) is 2.58. The number of aromatic nitrogens is 2. The molecule has 1 unspecified atom stereocenters. The Morgan fingerprint density at radius 1 is 1.40 bits per heavy atom. The van der Waals surface area contributed by atoms with Gasteiger partial charge in [-0.25, -0.2) is 4.98 Å². The third-order valence-electron chi connectivity index (χ3n) is 3.66. The number of likely N-dealkylation sites (tertiary alicyclic amines) is 1. The van der Waals surface area contributed by atoms with Crippen LogP contribution < -0.4 is 5.32 Å². The number of hydrogen-bond donors (Lipinski definition) is 1. The maximum Gasteiger partial charge on any atom is 0.271 e. The summed E-state index contributed by atoms with van der Waals surface area (Å²) in [4.78, 5) is 33.5. The first-order valence-corrected chi connectivity index (χ1v) is 6.89. The van der Waals surface area contributed by atoms with Crippen molar-refractivity contribution in [1.29, 1.82) is 0 Å². The number of rotatable bonds is 3. The van der Waals surface area contributed by atoms with Gasteiger partial charge < -0.3 is 10.2 Å². The number of amides is 2. The Morgan fingerprint density at radius 2 is 2.15 bits per heavy atom. The Bertz CT molecular complexity index is 504. The van der Waals surface area contributed by atoms with Gasteiger partial charge in [-0.15, -0.1) is 0 Å². The molecule has 1 fully saturated rings. The summed E-state index contributed by atoms with van der Waals surface area (Å²) in [6, 6.07) is 0. The second-order valence-corrected chi connectivity index (χ2v) is 5.11. The van der Waals surface area contributed by atoms with Crippen molar-refractivity contribution < 1.29 is 9.59 Å². The number of nitrogens with one attached hydrogen (secondary N) is 1. The van der Waals surface area contributed by atoms with E-state index in [0.29, 0.717) is 23.7 Å². The number of carbonyl (C=O) groups excluding carboxylic acids is 2. The molecule has 0 saturated carbocycles. The molecule has 1 N–H and O–H groups in total. The molecule has 1 saturated heterocycles. The van der Waals surface area contributed by atoms with E-state index in [1.165, 1.54) is 6.20 Å². The van der Waals surface area contributed by atoms with Crippen LogP contribution in [-0.4, -0.2) is 46.8 Å². The predicted molar refractivity (Wildman–Crippen MR) is 74.1 cm³/mol. The second-order valence-electron chi connectivity index (χ2n) is 5.11. The SMILES string of the molecule is CNC(=O)c1nccnc1CC1CCCN(C(C)=O)C1. The van der Waals surface area contributed by atoms with E-state index in [-0.39, 0.29) is 11.8 Å². The standard InChI is InChI=1S/C14H20N4O2/c1-10(19)18-7-3-4-11(9-18)8-12-13(14(20)15-2)17-6-5-16-12/h5-6,11H,3-4,7-9H2,1-2H3,(H,15,20). The lowest BCUT2D eigenvalue weighted by Crippen LogP contribution is -2.39. The van der Waals surface area contributed by atoms with Crippen LogP contribution in [0.5, 0.6) is 0 Å². The zero-order chi connectivity index (χ0) is 14.5. The molecule has 2 rings (SSSR count). The zero-order valence-electron chi connectivity index (χ0n) is 11.9. The zero-order valence-corrected chi connectivity index (χ0v) is 11.9. The third-order valence-corrected chi connectivity index (χ3v) is 3.66. The Morgan fingerprint density at radius 3 is 2.85 bits per heavy atom. The Kier molecular flexibility index (Phi) is 4.65. The van der Waals surface area contributed by atoms with Crippen LogP contribution in [0, 0.1) is 5.92 Å². The van der Waals surface area contributed by atoms with Gasteiger partial charge in [-0.05, 0) is 25.2 Å². The van der Waals surface area contributed by atoms with E-state index in [4.69, 9.17) is 0 Å². The highest BCUT2D eigenvalue weighted by atomic mass is 16.2. The first-order chi connectivity index (χ1) is 9.61. The molecule has 6 heteroatoms. The normalized spacial score (nSPS) is 18.7. The fourth-order valence-electron chi connectivity index (χ4n) is 2.62. The number of carbonyl (C=O) groups is 2. The highest BCUT2D eigenvalue weighted by Crippen LogP contribution is 2.21. The van der Waals surface area contributed by atoms with Gasteiger partial charge in [0.1, 0.15) is 5.69 Å². The average Bonchev–Trinajstić information content (AvgIpc) is 2.47. The summed E-state index contributed by atoms with van der Waals surface area (Å²) in [5.74, 6) is 0.237. The molecule has 0 spiro atoms.